The Balaban J connectivity index is 2.86. The molecule has 0 fully saturated rings. The van der Waals surface area contributed by atoms with Crippen molar-refractivity contribution in [2.75, 3.05) is 6.61 Å². The van der Waals surface area contributed by atoms with Gasteiger partial charge in [-0.25, -0.2) is 20.6 Å². The lowest BCUT2D eigenvalue weighted by Crippen LogP contribution is -2.18. The number of hydrogen-bond acceptors (Lipinski definition) is 6. The van der Waals surface area contributed by atoms with Crippen LogP contribution in [0.25, 0.3) is 0 Å². The van der Waals surface area contributed by atoms with Crippen LogP contribution in [0, 0.1) is 6.92 Å². The molecule has 0 aliphatic rings. The number of esters is 1. The van der Waals surface area contributed by atoms with Gasteiger partial charge < -0.3 is 10.2 Å². The Morgan fingerprint density at radius 1 is 1.80 bits per heavy atom. The Labute approximate surface area is 91.1 Å². The zero-order valence-electron chi connectivity index (χ0n) is 8.48. The third-order valence-corrected chi connectivity index (χ3v) is 2.54. The van der Waals surface area contributed by atoms with Crippen molar-refractivity contribution in [3.8, 4) is 0 Å². The first kappa shape index (κ1) is 11.6. The van der Waals surface area contributed by atoms with Gasteiger partial charge in [-0.1, -0.05) is 11.3 Å². The highest BCUT2D eigenvalue weighted by atomic mass is 32.1. The molecule has 7 heteroatoms. The second-order valence-electron chi connectivity index (χ2n) is 2.56. The molecular formula is C8H12N4O2S. The fraction of sp³-hybridized carbons (Fsp3) is 0.375. The quantitative estimate of drug-likeness (QED) is 0.261. The minimum Gasteiger partial charge on any atom is -0.462 e. The van der Waals surface area contributed by atoms with Crippen LogP contribution in [0.3, 0.4) is 0 Å². The molecule has 1 heterocycles. The van der Waals surface area contributed by atoms with Gasteiger partial charge in [0.15, 0.2) is 0 Å². The van der Waals surface area contributed by atoms with E-state index in [0.717, 1.165) is 0 Å². The van der Waals surface area contributed by atoms with Gasteiger partial charge in [0.1, 0.15) is 11.2 Å². The molecule has 1 aromatic heterocycles. The van der Waals surface area contributed by atoms with Crippen LogP contribution >= 0.6 is 11.3 Å². The number of nitrogens with two attached hydrogens (primary N) is 1. The molecule has 0 atom stereocenters. The molecule has 15 heavy (non-hydrogen) atoms. The highest BCUT2D eigenvalue weighted by Crippen LogP contribution is 2.25. The highest BCUT2D eigenvalue weighted by molar-refractivity contribution is 7.17. The van der Waals surface area contributed by atoms with Crippen LogP contribution in [0.2, 0.25) is 0 Å². The van der Waals surface area contributed by atoms with Crippen LogP contribution in [0.4, 0.5) is 5.13 Å². The first-order valence-electron chi connectivity index (χ1n) is 4.32. The van der Waals surface area contributed by atoms with Gasteiger partial charge in [0.2, 0.25) is 5.13 Å². The highest BCUT2D eigenvalue weighted by Gasteiger charge is 2.15. The van der Waals surface area contributed by atoms with Gasteiger partial charge in [-0.3, -0.25) is 0 Å². The second-order valence-corrected chi connectivity index (χ2v) is 3.53. The Hall–Kier alpha value is -1.47. The number of nitrogens with one attached hydrogen (secondary N) is 1. The van der Waals surface area contributed by atoms with Crippen molar-refractivity contribution in [1.82, 2.24) is 10.4 Å². The van der Waals surface area contributed by atoms with E-state index in [4.69, 9.17) is 10.6 Å². The number of aromatic nitrogens is 1. The van der Waals surface area contributed by atoms with Gasteiger partial charge in [-0.05, 0) is 13.8 Å². The van der Waals surface area contributed by atoms with E-state index in [0.29, 0.717) is 22.3 Å². The molecule has 1 aromatic rings. The van der Waals surface area contributed by atoms with E-state index in [-0.39, 0.29) is 5.97 Å². The Kier molecular flexibility index (Phi) is 4.19. The monoisotopic (exact) mass is 228 g/mol. The summed E-state index contributed by atoms with van der Waals surface area (Å²) in [6.45, 7) is 3.84. The van der Waals surface area contributed by atoms with E-state index < -0.39 is 0 Å². The third kappa shape index (κ3) is 3.00. The molecule has 0 aromatic carbocycles. The summed E-state index contributed by atoms with van der Waals surface area (Å²) < 4.78 is 4.87. The molecule has 0 amide bonds. The van der Waals surface area contributed by atoms with E-state index in [1.165, 1.54) is 17.7 Å². The van der Waals surface area contributed by atoms with Crippen molar-refractivity contribution in [2.45, 2.75) is 13.8 Å². The number of aryl methyl sites for hydroxylation is 1. The molecular weight excluding hydrogens is 216 g/mol. The number of ether oxygens (including phenoxy) is 1. The smallest absolute Gasteiger partial charge is 0.350 e. The van der Waals surface area contributed by atoms with Gasteiger partial charge in [0, 0.05) is 0 Å². The number of carbonyl (C=O) groups is 1. The molecule has 0 saturated carbocycles. The van der Waals surface area contributed by atoms with E-state index in [1.807, 2.05) is 0 Å². The molecule has 0 aliphatic carbocycles. The SMILES string of the molecule is CCOC(=O)c1sc(N=CNN)nc1C. The lowest BCUT2D eigenvalue weighted by Gasteiger charge is -1.97. The first-order valence-corrected chi connectivity index (χ1v) is 5.14. The maximum atomic E-state index is 11.4. The molecule has 0 aliphatic heterocycles. The van der Waals surface area contributed by atoms with Gasteiger partial charge in [0.05, 0.1) is 12.3 Å². The fourth-order valence-corrected chi connectivity index (χ4v) is 1.72. The zero-order valence-corrected chi connectivity index (χ0v) is 9.30. The predicted molar refractivity (Wildman–Crippen MR) is 58.3 cm³/mol. The maximum Gasteiger partial charge on any atom is 0.350 e. The number of thiazole rings is 1. The number of hydrogen-bond donors (Lipinski definition) is 2. The normalized spacial score (nSPS) is 10.6. The van der Waals surface area contributed by atoms with Gasteiger partial charge in [0.25, 0.3) is 0 Å². The third-order valence-electron chi connectivity index (χ3n) is 1.50. The van der Waals surface area contributed by atoms with Crippen molar-refractivity contribution in [3.05, 3.63) is 10.6 Å². The molecule has 82 valence electrons. The molecule has 0 unspecified atom stereocenters. The fourth-order valence-electron chi connectivity index (χ4n) is 0.916. The van der Waals surface area contributed by atoms with Crippen LogP contribution in [0.15, 0.2) is 4.99 Å². The number of aliphatic imine (C=N–C) groups is 1. The molecule has 3 N–H and O–H groups in total. The minimum atomic E-state index is -0.366. The molecule has 1 rings (SSSR count). The number of hydrazine groups is 1. The van der Waals surface area contributed by atoms with E-state index in [1.54, 1.807) is 13.8 Å². The number of rotatable bonds is 4. The van der Waals surface area contributed by atoms with Crippen molar-refractivity contribution < 1.29 is 9.53 Å². The van der Waals surface area contributed by atoms with E-state index >= 15 is 0 Å². The Bertz CT molecular complexity index is 375. The maximum absolute atomic E-state index is 11.4. The molecule has 0 bridgehead atoms. The van der Waals surface area contributed by atoms with E-state index in [9.17, 15) is 4.79 Å². The lowest BCUT2D eigenvalue weighted by atomic mass is 10.4. The van der Waals surface area contributed by atoms with Crippen molar-refractivity contribution in [1.29, 1.82) is 0 Å². The summed E-state index contributed by atoms with van der Waals surface area (Å²) in [5, 5.41) is 0.466. The summed E-state index contributed by atoms with van der Waals surface area (Å²) >= 11 is 1.17. The van der Waals surface area contributed by atoms with Crippen LogP contribution in [0.1, 0.15) is 22.3 Å². The summed E-state index contributed by atoms with van der Waals surface area (Å²) in [5.74, 6) is 4.65. The van der Waals surface area contributed by atoms with E-state index in [2.05, 4.69) is 15.4 Å². The molecule has 0 radical (unpaired) electrons. The summed E-state index contributed by atoms with van der Waals surface area (Å²) in [6, 6.07) is 0. The lowest BCUT2D eigenvalue weighted by molar-refractivity contribution is 0.0531. The van der Waals surface area contributed by atoms with Crippen LogP contribution < -0.4 is 11.3 Å². The second kappa shape index (κ2) is 5.42. The van der Waals surface area contributed by atoms with Crippen LogP contribution in [0.5, 0.6) is 0 Å². The van der Waals surface area contributed by atoms with Crippen molar-refractivity contribution >= 4 is 28.8 Å². The summed E-state index contributed by atoms with van der Waals surface area (Å²) in [6.07, 6.45) is 1.30. The Morgan fingerprint density at radius 3 is 3.13 bits per heavy atom. The average Bonchev–Trinajstić information content (AvgIpc) is 2.57. The summed E-state index contributed by atoms with van der Waals surface area (Å²) in [7, 11) is 0. The van der Waals surface area contributed by atoms with Gasteiger partial charge in [-0.2, -0.15) is 0 Å². The largest absolute Gasteiger partial charge is 0.462 e. The van der Waals surface area contributed by atoms with Gasteiger partial charge in [-0.15, -0.1) is 0 Å². The Morgan fingerprint density at radius 2 is 2.53 bits per heavy atom. The summed E-state index contributed by atoms with van der Waals surface area (Å²) in [4.78, 5) is 19.8. The topological polar surface area (TPSA) is 89.6 Å². The molecule has 0 saturated heterocycles. The first-order chi connectivity index (χ1) is 7.19. The molecule has 0 spiro atoms. The predicted octanol–water partition coefficient (Wildman–Crippen LogP) is 0.751. The minimum absolute atomic E-state index is 0.346. The van der Waals surface area contributed by atoms with Gasteiger partial charge >= 0.3 is 5.97 Å². The van der Waals surface area contributed by atoms with Crippen molar-refractivity contribution in [2.24, 2.45) is 10.8 Å². The summed E-state index contributed by atoms with van der Waals surface area (Å²) in [5.41, 5.74) is 2.87. The number of carbonyl (C=O) groups excluding carboxylic acids is 1. The average molecular weight is 228 g/mol. The number of nitrogens with zero attached hydrogens (tertiary/aromatic N) is 2. The van der Waals surface area contributed by atoms with Crippen LogP contribution in [-0.2, 0) is 4.74 Å². The molecule has 6 nitrogen and oxygen atoms in total. The van der Waals surface area contributed by atoms with Crippen LogP contribution in [-0.4, -0.2) is 23.9 Å². The zero-order chi connectivity index (χ0) is 11.3. The van der Waals surface area contributed by atoms with Crippen molar-refractivity contribution in [3.63, 3.8) is 0 Å². The standard InChI is InChI=1S/C8H12N4O2S/c1-3-14-7(13)6-5(2)12-8(15-6)10-4-11-9/h4H,3,9H2,1-2H3,(H,10,11,12).